The summed E-state index contributed by atoms with van der Waals surface area (Å²) in [6.07, 6.45) is 0.927. The van der Waals surface area contributed by atoms with E-state index in [1.54, 1.807) is 10.9 Å². The van der Waals surface area contributed by atoms with Crippen molar-refractivity contribution in [3.8, 4) is 5.69 Å². The molecule has 2 aromatic rings. The van der Waals surface area contributed by atoms with Crippen LogP contribution in [0.1, 0.15) is 10.5 Å². The number of aliphatic hydroxyl groups excluding tert-OH is 1. The molecular formula is C14H16N4O3. The highest BCUT2D eigenvalue weighted by Crippen LogP contribution is 2.09. The minimum Gasteiger partial charge on any atom is -0.389 e. The van der Waals surface area contributed by atoms with E-state index in [0.717, 1.165) is 5.69 Å². The first-order chi connectivity index (χ1) is 10.2. The second-order valence-electron chi connectivity index (χ2n) is 4.86. The van der Waals surface area contributed by atoms with E-state index in [-0.39, 0.29) is 24.8 Å². The lowest BCUT2D eigenvalue weighted by Gasteiger charge is -2.19. The fourth-order valence-corrected chi connectivity index (χ4v) is 2.21. The fraction of sp³-hybridized carbons (Fsp3) is 0.357. The van der Waals surface area contributed by atoms with Gasteiger partial charge >= 0.3 is 0 Å². The van der Waals surface area contributed by atoms with Crippen molar-refractivity contribution in [2.45, 2.75) is 6.10 Å². The number of amides is 1. The summed E-state index contributed by atoms with van der Waals surface area (Å²) in [5.74, 6) is -0.248. The average molecular weight is 288 g/mol. The number of carbonyl (C=O) groups excluding carboxylic acids is 1. The van der Waals surface area contributed by atoms with Crippen molar-refractivity contribution in [2.24, 2.45) is 0 Å². The van der Waals surface area contributed by atoms with Crippen molar-refractivity contribution in [1.82, 2.24) is 19.9 Å². The van der Waals surface area contributed by atoms with E-state index in [2.05, 4.69) is 10.3 Å². The fourth-order valence-electron chi connectivity index (χ4n) is 2.21. The van der Waals surface area contributed by atoms with Crippen LogP contribution >= 0.6 is 0 Å². The Morgan fingerprint density at radius 1 is 1.33 bits per heavy atom. The van der Waals surface area contributed by atoms with Crippen molar-refractivity contribution in [2.75, 3.05) is 26.3 Å². The Kier molecular flexibility index (Phi) is 3.94. The van der Waals surface area contributed by atoms with Gasteiger partial charge in [0.1, 0.15) is 0 Å². The first-order valence-corrected chi connectivity index (χ1v) is 6.77. The number of benzene rings is 1. The maximum Gasteiger partial charge on any atom is 0.276 e. The van der Waals surface area contributed by atoms with Gasteiger partial charge in [-0.3, -0.25) is 4.79 Å². The van der Waals surface area contributed by atoms with Crippen molar-refractivity contribution in [3.63, 3.8) is 0 Å². The number of ether oxygens (including phenoxy) is 1. The quantitative estimate of drug-likeness (QED) is 0.848. The second-order valence-corrected chi connectivity index (χ2v) is 4.86. The third kappa shape index (κ3) is 3.09. The molecule has 1 aromatic heterocycles. The molecule has 1 aliphatic heterocycles. The molecule has 2 heterocycles. The maximum atomic E-state index is 12.4. The topological polar surface area (TPSA) is 80.5 Å². The zero-order chi connectivity index (χ0) is 14.7. The number of nitrogens with zero attached hydrogens (tertiary/aromatic N) is 4. The molecule has 0 unspecified atom stereocenters. The lowest BCUT2D eigenvalue weighted by atomic mass is 10.3. The molecule has 1 N–H and O–H groups in total. The van der Waals surface area contributed by atoms with E-state index in [1.807, 2.05) is 30.3 Å². The molecule has 0 bridgehead atoms. The molecular weight excluding hydrogens is 272 g/mol. The number of β-amino-alcohol motifs (C(OH)–C–C–N with tert-alkyl or cyclic N) is 1. The van der Waals surface area contributed by atoms with Crippen LogP contribution in [0.2, 0.25) is 0 Å². The summed E-state index contributed by atoms with van der Waals surface area (Å²) >= 11 is 0. The van der Waals surface area contributed by atoms with Gasteiger partial charge in [0.15, 0.2) is 5.69 Å². The molecule has 1 amide bonds. The van der Waals surface area contributed by atoms with Gasteiger partial charge in [-0.2, -0.15) is 0 Å². The van der Waals surface area contributed by atoms with Gasteiger partial charge < -0.3 is 14.7 Å². The predicted octanol–water partition coefficient (Wildman–Crippen LogP) is 0.101. The zero-order valence-electron chi connectivity index (χ0n) is 11.4. The Bertz CT molecular complexity index is 614. The predicted molar refractivity (Wildman–Crippen MR) is 74.1 cm³/mol. The number of aliphatic hydroxyl groups is 1. The van der Waals surface area contributed by atoms with Gasteiger partial charge in [-0.15, -0.1) is 5.10 Å². The van der Waals surface area contributed by atoms with Crippen LogP contribution in [-0.2, 0) is 4.74 Å². The third-order valence-electron chi connectivity index (χ3n) is 3.27. The largest absolute Gasteiger partial charge is 0.389 e. The number of aromatic nitrogens is 3. The van der Waals surface area contributed by atoms with Gasteiger partial charge in [-0.1, -0.05) is 23.4 Å². The molecule has 1 aliphatic rings. The summed E-state index contributed by atoms with van der Waals surface area (Å²) in [6, 6.07) is 9.45. The molecule has 0 saturated carbocycles. The summed E-state index contributed by atoms with van der Waals surface area (Å²) in [4.78, 5) is 13.9. The SMILES string of the molecule is O=C(c1cn(-c2ccccc2)nn1)N1CCOC[C@H](O)C1. The van der Waals surface area contributed by atoms with Gasteiger partial charge in [-0.05, 0) is 12.1 Å². The summed E-state index contributed by atoms with van der Waals surface area (Å²) in [6.45, 7) is 1.35. The Hall–Kier alpha value is -2.25. The van der Waals surface area contributed by atoms with E-state index in [1.165, 1.54) is 4.90 Å². The highest BCUT2D eigenvalue weighted by atomic mass is 16.5. The lowest BCUT2D eigenvalue weighted by molar-refractivity contribution is 0.0533. The Morgan fingerprint density at radius 2 is 2.14 bits per heavy atom. The molecule has 1 atom stereocenters. The van der Waals surface area contributed by atoms with Crippen LogP contribution in [0.15, 0.2) is 36.5 Å². The van der Waals surface area contributed by atoms with E-state index >= 15 is 0 Å². The van der Waals surface area contributed by atoms with Gasteiger partial charge in [-0.25, -0.2) is 4.68 Å². The molecule has 110 valence electrons. The van der Waals surface area contributed by atoms with E-state index < -0.39 is 6.10 Å². The number of hydrogen-bond donors (Lipinski definition) is 1. The second kappa shape index (κ2) is 6.02. The van der Waals surface area contributed by atoms with Crippen molar-refractivity contribution in [3.05, 3.63) is 42.2 Å². The molecule has 7 heteroatoms. The molecule has 0 spiro atoms. The van der Waals surface area contributed by atoms with Gasteiger partial charge in [0.25, 0.3) is 5.91 Å². The van der Waals surface area contributed by atoms with E-state index in [4.69, 9.17) is 4.74 Å². The number of carbonyl (C=O) groups is 1. The van der Waals surface area contributed by atoms with E-state index in [0.29, 0.717) is 13.2 Å². The standard InChI is InChI=1S/C14H16N4O3/c19-12-8-17(6-7-21-10-12)14(20)13-9-18(16-15-13)11-4-2-1-3-5-11/h1-5,9,12,19H,6-8,10H2/t12-/m1/s1. The number of rotatable bonds is 2. The maximum absolute atomic E-state index is 12.4. The normalized spacial score (nSPS) is 19.3. The van der Waals surface area contributed by atoms with Crippen molar-refractivity contribution in [1.29, 1.82) is 0 Å². The highest BCUT2D eigenvalue weighted by Gasteiger charge is 2.24. The van der Waals surface area contributed by atoms with Gasteiger partial charge in [0.2, 0.25) is 0 Å². The minimum absolute atomic E-state index is 0.247. The summed E-state index contributed by atoms with van der Waals surface area (Å²) in [5, 5.41) is 17.6. The molecule has 7 nitrogen and oxygen atoms in total. The average Bonchev–Trinajstić information content (AvgIpc) is 2.90. The first kappa shape index (κ1) is 13.7. The van der Waals surface area contributed by atoms with Crippen LogP contribution in [0.25, 0.3) is 5.69 Å². The summed E-state index contributed by atoms with van der Waals surface area (Å²) in [7, 11) is 0. The Morgan fingerprint density at radius 3 is 2.95 bits per heavy atom. The monoisotopic (exact) mass is 288 g/mol. The summed E-state index contributed by atoms with van der Waals surface area (Å²) in [5.41, 5.74) is 1.09. The van der Waals surface area contributed by atoms with E-state index in [9.17, 15) is 9.90 Å². The van der Waals surface area contributed by atoms with Gasteiger partial charge in [0.05, 0.1) is 31.2 Å². The first-order valence-electron chi connectivity index (χ1n) is 6.77. The van der Waals surface area contributed by atoms with Crippen molar-refractivity contribution >= 4 is 5.91 Å². The Labute approximate surface area is 121 Å². The molecule has 1 fully saturated rings. The lowest BCUT2D eigenvalue weighted by Crippen LogP contribution is -2.37. The third-order valence-corrected chi connectivity index (χ3v) is 3.27. The van der Waals surface area contributed by atoms with Crippen LogP contribution in [0.5, 0.6) is 0 Å². The van der Waals surface area contributed by atoms with Crippen LogP contribution in [0.3, 0.4) is 0 Å². The number of hydrogen-bond acceptors (Lipinski definition) is 5. The van der Waals surface area contributed by atoms with Crippen LogP contribution in [0.4, 0.5) is 0 Å². The molecule has 0 radical (unpaired) electrons. The van der Waals surface area contributed by atoms with Crippen LogP contribution < -0.4 is 0 Å². The molecule has 21 heavy (non-hydrogen) atoms. The van der Waals surface area contributed by atoms with Gasteiger partial charge in [0, 0.05) is 13.1 Å². The van der Waals surface area contributed by atoms with Crippen LogP contribution in [-0.4, -0.2) is 63.3 Å². The molecule has 1 saturated heterocycles. The zero-order valence-corrected chi connectivity index (χ0v) is 11.4. The molecule has 3 rings (SSSR count). The van der Waals surface area contributed by atoms with Crippen molar-refractivity contribution < 1.29 is 14.6 Å². The van der Waals surface area contributed by atoms with Crippen LogP contribution in [0, 0.1) is 0 Å². The Balaban J connectivity index is 1.78. The smallest absolute Gasteiger partial charge is 0.276 e. The molecule has 1 aromatic carbocycles. The highest BCUT2D eigenvalue weighted by molar-refractivity contribution is 5.92. The molecule has 0 aliphatic carbocycles. The number of para-hydroxylation sites is 1. The minimum atomic E-state index is -0.666. The summed E-state index contributed by atoms with van der Waals surface area (Å²) < 4.78 is 6.77.